The fraction of sp³-hybridized carbons (Fsp3) is 0.276. The van der Waals surface area contributed by atoms with Gasteiger partial charge in [0.15, 0.2) is 5.76 Å². The first-order chi connectivity index (χ1) is 18.3. The van der Waals surface area contributed by atoms with E-state index in [4.69, 9.17) is 20.9 Å². The Morgan fingerprint density at radius 2 is 1.50 bits per heavy atom. The highest BCUT2D eigenvalue weighted by Crippen LogP contribution is 2.29. The molecule has 3 aromatic carbocycles. The average molecular weight is 542 g/mol. The first kappa shape index (κ1) is 26.3. The van der Waals surface area contributed by atoms with Crippen LogP contribution in [-0.2, 0) is 25.9 Å². The molecule has 0 atom stereocenters. The van der Waals surface area contributed by atoms with Crippen LogP contribution in [0.3, 0.4) is 0 Å². The summed E-state index contributed by atoms with van der Waals surface area (Å²) in [5.74, 6) is 1.43. The second-order valence-electron chi connectivity index (χ2n) is 9.33. The Bertz CT molecular complexity index is 1330. The first-order valence-electron chi connectivity index (χ1n) is 12.4. The van der Waals surface area contributed by atoms with Crippen molar-refractivity contribution in [2.24, 2.45) is 0 Å². The molecule has 0 unspecified atom stereocenters. The topological polar surface area (TPSA) is 41.7 Å². The molecular formula is C29H27ClF3N3O2. The fourth-order valence-corrected chi connectivity index (χ4v) is 4.60. The van der Waals surface area contributed by atoms with Crippen molar-refractivity contribution in [3.8, 4) is 17.1 Å². The third-order valence-electron chi connectivity index (χ3n) is 6.59. The van der Waals surface area contributed by atoms with Crippen molar-refractivity contribution < 1.29 is 22.4 Å². The minimum Gasteiger partial charge on any atom is -0.489 e. The van der Waals surface area contributed by atoms with E-state index in [0.717, 1.165) is 66.4 Å². The molecule has 0 radical (unpaired) electrons. The Morgan fingerprint density at radius 1 is 0.842 bits per heavy atom. The van der Waals surface area contributed by atoms with E-state index >= 15 is 0 Å². The van der Waals surface area contributed by atoms with E-state index < -0.39 is 11.7 Å². The zero-order valence-corrected chi connectivity index (χ0v) is 21.4. The summed E-state index contributed by atoms with van der Waals surface area (Å²) in [6.07, 6.45) is -4.30. The summed E-state index contributed by atoms with van der Waals surface area (Å²) in [6, 6.07) is 22.6. The highest BCUT2D eigenvalue weighted by molar-refractivity contribution is 6.31. The number of hydrogen-bond acceptors (Lipinski definition) is 5. The zero-order valence-electron chi connectivity index (χ0n) is 20.6. The summed E-state index contributed by atoms with van der Waals surface area (Å²) in [6.45, 7) is 5.07. The quantitative estimate of drug-likeness (QED) is 0.242. The number of halogens is 4. The van der Waals surface area contributed by atoms with Gasteiger partial charge in [0.2, 0.25) is 0 Å². The summed E-state index contributed by atoms with van der Waals surface area (Å²) in [5.41, 5.74) is 2.97. The Balaban J connectivity index is 1.09. The molecule has 0 saturated carbocycles. The largest absolute Gasteiger partial charge is 0.489 e. The predicted molar refractivity (Wildman–Crippen MR) is 140 cm³/mol. The van der Waals surface area contributed by atoms with Crippen LogP contribution in [0.25, 0.3) is 11.3 Å². The summed E-state index contributed by atoms with van der Waals surface area (Å²) in [7, 11) is 0. The predicted octanol–water partition coefficient (Wildman–Crippen LogP) is 6.91. The standard InChI is InChI=1S/C29H27ClF3N3O2/c30-27-4-2-1-3-23(27)20-37-26-11-7-22(8-12-26)28-17-25(34-38-28)19-36-15-13-35(14-16-36)18-21-5-9-24(10-6-21)29(31,32)33/h1-12,17H,13-16,18-20H2. The van der Waals surface area contributed by atoms with Gasteiger partial charge < -0.3 is 9.26 Å². The van der Waals surface area contributed by atoms with E-state index in [9.17, 15) is 13.2 Å². The monoisotopic (exact) mass is 541 g/mol. The highest BCUT2D eigenvalue weighted by Gasteiger charge is 2.30. The zero-order chi connectivity index (χ0) is 26.5. The number of hydrogen-bond donors (Lipinski definition) is 0. The molecule has 0 spiro atoms. The van der Waals surface area contributed by atoms with Gasteiger partial charge in [-0.25, -0.2) is 0 Å². The lowest BCUT2D eigenvalue weighted by Gasteiger charge is -2.34. The average Bonchev–Trinajstić information content (AvgIpc) is 3.38. The lowest BCUT2D eigenvalue weighted by Crippen LogP contribution is -2.45. The van der Waals surface area contributed by atoms with Gasteiger partial charge in [-0.1, -0.05) is 47.1 Å². The molecule has 198 valence electrons. The Morgan fingerprint density at radius 3 is 2.16 bits per heavy atom. The smallest absolute Gasteiger partial charge is 0.416 e. The maximum atomic E-state index is 12.8. The molecule has 2 heterocycles. The molecule has 38 heavy (non-hydrogen) atoms. The van der Waals surface area contributed by atoms with Gasteiger partial charge in [-0.2, -0.15) is 13.2 Å². The van der Waals surface area contributed by atoms with Crippen molar-refractivity contribution in [3.05, 3.63) is 106 Å². The maximum Gasteiger partial charge on any atom is 0.416 e. The van der Waals surface area contributed by atoms with Crippen LogP contribution in [0.15, 0.2) is 83.4 Å². The van der Waals surface area contributed by atoms with Crippen LogP contribution < -0.4 is 4.74 Å². The molecule has 4 aromatic rings. The molecule has 5 rings (SSSR count). The second-order valence-corrected chi connectivity index (χ2v) is 9.74. The van der Waals surface area contributed by atoms with Crippen molar-refractivity contribution in [2.45, 2.75) is 25.9 Å². The summed E-state index contributed by atoms with van der Waals surface area (Å²) in [5, 5.41) is 4.92. The molecule has 0 N–H and O–H groups in total. The molecule has 1 aliphatic rings. The van der Waals surface area contributed by atoms with Crippen molar-refractivity contribution in [1.82, 2.24) is 15.0 Å². The van der Waals surface area contributed by atoms with Gasteiger partial charge in [-0.05, 0) is 48.0 Å². The molecule has 9 heteroatoms. The minimum absolute atomic E-state index is 0.392. The van der Waals surface area contributed by atoms with Crippen molar-refractivity contribution in [1.29, 1.82) is 0 Å². The van der Waals surface area contributed by atoms with Crippen LogP contribution in [0.2, 0.25) is 5.02 Å². The van der Waals surface area contributed by atoms with Gasteiger partial charge >= 0.3 is 6.18 Å². The summed E-state index contributed by atoms with van der Waals surface area (Å²) in [4.78, 5) is 4.55. The molecular weight excluding hydrogens is 515 g/mol. The molecule has 1 aromatic heterocycles. The summed E-state index contributed by atoms with van der Waals surface area (Å²) >= 11 is 6.19. The minimum atomic E-state index is -4.30. The Kier molecular flexibility index (Phi) is 8.02. The number of benzene rings is 3. The van der Waals surface area contributed by atoms with Crippen molar-refractivity contribution in [2.75, 3.05) is 26.2 Å². The van der Waals surface area contributed by atoms with Crippen LogP contribution in [0, 0.1) is 0 Å². The third-order valence-corrected chi connectivity index (χ3v) is 6.96. The van der Waals surface area contributed by atoms with Crippen LogP contribution in [0.1, 0.15) is 22.4 Å². The van der Waals surface area contributed by atoms with Gasteiger partial charge in [-0.15, -0.1) is 0 Å². The number of alkyl halides is 3. The van der Waals surface area contributed by atoms with Crippen LogP contribution in [0.4, 0.5) is 13.2 Å². The second kappa shape index (κ2) is 11.6. The maximum absolute atomic E-state index is 12.8. The lowest BCUT2D eigenvalue weighted by atomic mass is 10.1. The van der Waals surface area contributed by atoms with Crippen LogP contribution in [0.5, 0.6) is 5.75 Å². The van der Waals surface area contributed by atoms with Crippen molar-refractivity contribution in [3.63, 3.8) is 0 Å². The molecule has 0 aliphatic carbocycles. The highest BCUT2D eigenvalue weighted by atomic mass is 35.5. The SMILES string of the molecule is FC(F)(F)c1ccc(CN2CCN(Cc3cc(-c4ccc(OCc5ccccc5Cl)cc4)on3)CC2)cc1. The number of rotatable bonds is 8. The number of nitrogens with zero attached hydrogens (tertiary/aromatic N) is 3. The molecule has 0 bridgehead atoms. The van der Waals surface area contributed by atoms with Gasteiger partial charge in [0.25, 0.3) is 0 Å². The van der Waals surface area contributed by atoms with Gasteiger partial charge in [-0.3, -0.25) is 9.80 Å². The Labute approximate surface area is 224 Å². The molecule has 1 saturated heterocycles. The van der Waals surface area contributed by atoms with Gasteiger partial charge in [0.1, 0.15) is 12.4 Å². The third kappa shape index (κ3) is 6.75. The van der Waals surface area contributed by atoms with E-state index in [2.05, 4.69) is 15.0 Å². The number of piperazine rings is 1. The molecule has 0 amide bonds. The van der Waals surface area contributed by atoms with Gasteiger partial charge in [0.05, 0.1) is 11.3 Å². The van der Waals surface area contributed by atoms with E-state index in [0.29, 0.717) is 30.5 Å². The number of aromatic nitrogens is 1. The molecule has 1 aliphatic heterocycles. The van der Waals surface area contributed by atoms with Gasteiger partial charge in [0, 0.05) is 61.5 Å². The van der Waals surface area contributed by atoms with E-state index in [1.807, 2.05) is 54.6 Å². The Hall–Kier alpha value is -3.33. The van der Waals surface area contributed by atoms with E-state index in [-0.39, 0.29) is 0 Å². The fourth-order valence-electron chi connectivity index (χ4n) is 4.41. The first-order valence-corrected chi connectivity index (χ1v) is 12.7. The van der Waals surface area contributed by atoms with E-state index in [1.165, 1.54) is 0 Å². The summed E-state index contributed by atoms with van der Waals surface area (Å²) < 4.78 is 49.7. The van der Waals surface area contributed by atoms with Crippen LogP contribution >= 0.6 is 11.6 Å². The van der Waals surface area contributed by atoms with E-state index in [1.54, 1.807) is 12.1 Å². The lowest BCUT2D eigenvalue weighted by molar-refractivity contribution is -0.137. The van der Waals surface area contributed by atoms with Crippen LogP contribution in [-0.4, -0.2) is 41.1 Å². The van der Waals surface area contributed by atoms with Crippen molar-refractivity contribution >= 4 is 11.6 Å². The molecule has 5 nitrogen and oxygen atoms in total. The number of ether oxygens (including phenoxy) is 1. The normalized spacial score (nSPS) is 15.1. The molecule has 1 fully saturated rings.